The lowest BCUT2D eigenvalue weighted by Crippen LogP contribution is -2.23. The van der Waals surface area contributed by atoms with Crippen LogP contribution >= 0.6 is 0 Å². The van der Waals surface area contributed by atoms with Crippen LogP contribution in [0.5, 0.6) is 5.75 Å². The molecule has 2 aromatic carbocycles. The van der Waals surface area contributed by atoms with Crippen molar-refractivity contribution in [2.24, 2.45) is 7.05 Å². The van der Waals surface area contributed by atoms with E-state index in [1.165, 1.54) is 6.07 Å². The lowest BCUT2D eigenvalue weighted by atomic mass is 10.2. The molecule has 0 aliphatic rings. The van der Waals surface area contributed by atoms with E-state index in [-0.39, 0.29) is 11.6 Å². The fourth-order valence-electron chi connectivity index (χ4n) is 2.98. The minimum atomic E-state index is -4.81. The molecular weight excluding hydrogens is 431 g/mol. The number of rotatable bonds is 7. The van der Waals surface area contributed by atoms with E-state index in [0.29, 0.717) is 29.2 Å². The van der Waals surface area contributed by atoms with Crippen LogP contribution in [-0.4, -0.2) is 33.4 Å². The molecule has 0 aliphatic heterocycles. The number of nitrogens with one attached hydrogen (secondary N) is 2. The van der Waals surface area contributed by atoms with Crippen LogP contribution in [-0.2, 0) is 11.9 Å². The number of carbonyl (C=O) groups excluding carboxylic acids is 1. The predicted molar refractivity (Wildman–Crippen MR) is 108 cm³/mol. The number of amides is 1. The molecule has 0 bridgehead atoms. The van der Waals surface area contributed by atoms with Gasteiger partial charge in [-0.1, -0.05) is 6.92 Å². The van der Waals surface area contributed by atoms with Gasteiger partial charge in [0.05, 0.1) is 17.6 Å². The molecular formula is C20H18F3N5O4. The number of carbonyl (C=O) groups is 1. The van der Waals surface area contributed by atoms with Crippen molar-refractivity contribution in [1.29, 1.82) is 0 Å². The first-order valence-corrected chi connectivity index (χ1v) is 9.55. The zero-order chi connectivity index (χ0) is 22.9. The number of hydrogen-bond acceptors (Lipinski definition) is 7. The molecule has 0 fully saturated rings. The first-order chi connectivity index (χ1) is 15.2. The maximum atomic E-state index is 12.4. The summed E-state index contributed by atoms with van der Waals surface area (Å²) in [4.78, 5) is 25.9. The highest BCUT2D eigenvalue weighted by atomic mass is 19.4. The van der Waals surface area contributed by atoms with Crippen molar-refractivity contribution in [1.82, 2.24) is 20.0 Å². The van der Waals surface area contributed by atoms with Crippen molar-refractivity contribution in [3.8, 4) is 5.75 Å². The number of ether oxygens (including phenoxy) is 1. The van der Waals surface area contributed by atoms with Crippen LogP contribution in [0.15, 0.2) is 40.8 Å². The number of hydrogen-bond donors (Lipinski definition) is 2. The van der Waals surface area contributed by atoms with Crippen LogP contribution in [0.3, 0.4) is 0 Å². The number of hydroxylamine groups is 1. The van der Waals surface area contributed by atoms with E-state index in [0.717, 1.165) is 24.1 Å². The summed E-state index contributed by atoms with van der Waals surface area (Å²) in [6, 6.07) is 8.61. The van der Waals surface area contributed by atoms with E-state index < -0.39 is 18.0 Å². The summed E-state index contributed by atoms with van der Waals surface area (Å²) in [6.07, 6.45) is -4.04. The number of alkyl halides is 3. The van der Waals surface area contributed by atoms with Gasteiger partial charge in [0.25, 0.3) is 5.91 Å². The minimum Gasteiger partial charge on any atom is -0.423 e. The second-order valence-corrected chi connectivity index (χ2v) is 6.80. The third-order valence-electron chi connectivity index (χ3n) is 4.43. The van der Waals surface area contributed by atoms with Gasteiger partial charge in [0.1, 0.15) is 11.3 Å². The van der Waals surface area contributed by atoms with Crippen molar-refractivity contribution < 1.29 is 32.0 Å². The Labute approximate surface area is 179 Å². The highest BCUT2D eigenvalue weighted by molar-refractivity contribution is 5.97. The maximum Gasteiger partial charge on any atom is 0.573 e. The molecule has 12 heteroatoms. The molecule has 0 aliphatic carbocycles. The largest absolute Gasteiger partial charge is 0.573 e. The molecule has 4 rings (SSSR count). The van der Waals surface area contributed by atoms with Gasteiger partial charge in [-0.25, -0.2) is 10.5 Å². The van der Waals surface area contributed by atoms with Crippen LogP contribution in [0, 0.1) is 0 Å². The lowest BCUT2D eigenvalue weighted by molar-refractivity contribution is -0.274. The fourth-order valence-corrected chi connectivity index (χ4v) is 2.98. The van der Waals surface area contributed by atoms with E-state index >= 15 is 0 Å². The van der Waals surface area contributed by atoms with E-state index in [4.69, 9.17) is 9.25 Å². The van der Waals surface area contributed by atoms with Gasteiger partial charge in [0.15, 0.2) is 5.58 Å². The number of aryl methyl sites for hydroxylation is 1. The van der Waals surface area contributed by atoms with Gasteiger partial charge in [-0.2, -0.15) is 4.98 Å². The predicted octanol–water partition coefficient (Wildman–Crippen LogP) is 4.43. The minimum absolute atomic E-state index is 0.0356. The third-order valence-corrected chi connectivity index (χ3v) is 4.43. The standard InChI is InChI=1S/C20H18F3N5O4/c1-3-8-30-27-17(29)11-4-7-15-14(9-11)24-18(28(15)2)26-19-25-13-6-5-12(10-16(13)31-19)32-20(21,22)23/h4-7,9-10H,3,8H2,1-2H3,(H,27,29)(H,24,25,26). The molecule has 0 radical (unpaired) electrons. The Morgan fingerprint density at radius 3 is 2.72 bits per heavy atom. The molecule has 2 heterocycles. The first kappa shape index (κ1) is 21.4. The summed E-state index contributed by atoms with van der Waals surface area (Å²) in [5.41, 5.74) is 4.46. The summed E-state index contributed by atoms with van der Waals surface area (Å²) in [7, 11) is 1.75. The number of aromatic nitrogens is 3. The number of fused-ring (bicyclic) bond motifs is 2. The molecule has 0 spiro atoms. The molecule has 0 saturated heterocycles. The van der Waals surface area contributed by atoms with E-state index in [1.807, 2.05) is 6.92 Å². The quantitative estimate of drug-likeness (QED) is 0.318. The molecule has 0 atom stereocenters. The van der Waals surface area contributed by atoms with E-state index in [9.17, 15) is 18.0 Å². The summed E-state index contributed by atoms with van der Waals surface area (Å²) in [6.45, 7) is 2.33. The van der Waals surface area contributed by atoms with E-state index in [1.54, 1.807) is 29.8 Å². The smallest absolute Gasteiger partial charge is 0.423 e. The average Bonchev–Trinajstić information content (AvgIpc) is 3.26. The van der Waals surface area contributed by atoms with Crippen LogP contribution in [0.1, 0.15) is 23.7 Å². The molecule has 9 nitrogen and oxygen atoms in total. The highest BCUT2D eigenvalue weighted by Gasteiger charge is 2.31. The number of anilines is 2. The average molecular weight is 449 g/mol. The van der Waals surface area contributed by atoms with Gasteiger partial charge in [-0.15, -0.1) is 13.2 Å². The van der Waals surface area contributed by atoms with Crippen molar-refractivity contribution in [2.75, 3.05) is 11.9 Å². The normalized spacial score (nSPS) is 11.8. The lowest BCUT2D eigenvalue weighted by Gasteiger charge is -2.07. The molecule has 0 saturated carbocycles. The van der Waals surface area contributed by atoms with Gasteiger partial charge in [0.2, 0.25) is 5.95 Å². The Balaban J connectivity index is 1.56. The van der Waals surface area contributed by atoms with Crippen LogP contribution < -0.4 is 15.5 Å². The summed E-state index contributed by atoms with van der Waals surface area (Å²) in [5, 5.41) is 2.90. The molecule has 2 N–H and O–H groups in total. The monoisotopic (exact) mass is 449 g/mol. The van der Waals surface area contributed by atoms with Gasteiger partial charge in [0, 0.05) is 18.7 Å². The van der Waals surface area contributed by atoms with Crippen LogP contribution in [0.4, 0.5) is 25.1 Å². The zero-order valence-corrected chi connectivity index (χ0v) is 17.0. The Hall–Kier alpha value is -3.80. The number of nitrogens with zero attached hydrogens (tertiary/aromatic N) is 3. The van der Waals surface area contributed by atoms with Crippen molar-refractivity contribution >= 4 is 40.0 Å². The molecule has 4 aromatic rings. The summed E-state index contributed by atoms with van der Waals surface area (Å²) >= 11 is 0. The van der Waals surface area contributed by atoms with Gasteiger partial charge in [-0.05, 0) is 36.8 Å². The number of benzene rings is 2. The Morgan fingerprint density at radius 2 is 1.97 bits per heavy atom. The maximum absolute atomic E-state index is 12.4. The number of imidazole rings is 1. The number of oxazole rings is 1. The molecule has 1 amide bonds. The Morgan fingerprint density at radius 1 is 1.16 bits per heavy atom. The fraction of sp³-hybridized carbons (Fsp3) is 0.250. The van der Waals surface area contributed by atoms with Crippen molar-refractivity contribution in [3.05, 3.63) is 42.0 Å². The molecule has 32 heavy (non-hydrogen) atoms. The Kier molecular flexibility index (Phi) is 5.61. The highest BCUT2D eigenvalue weighted by Crippen LogP contribution is 2.29. The Bertz CT molecular complexity index is 1280. The van der Waals surface area contributed by atoms with E-state index in [2.05, 4.69) is 25.5 Å². The van der Waals surface area contributed by atoms with Gasteiger partial charge >= 0.3 is 12.4 Å². The number of halogens is 3. The van der Waals surface area contributed by atoms with Crippen LogP contribution in [0.25, 0.3) is 22.1 Å². The van der Waals surface area contributed by atoms with Crippen molar-refractivity contribution in [3.63, 3.8) is 0 Å². The zero-order valence-electron chi connectivity index (χ0n) is 17.0. The summed E-state index contributed by atoms with van der Waals surface area (Å²) in [5.74, 6) is -0.446. The van der Waals surface area contributed by atoms with Gasteiger partial charge in [-0.3, -0.25) is 14.9 Å². The third kappa shape index (κ3) is 4.59. The van der Waals surface area contributed by atoms with Gasteiger partial charge < -0.3 is 13.7 Å². The summed E-state index contributed by atoms with van der Waals surface area (Å²) < 4.78 is 48.3. The SMILES string of the molecule is CCCONC(=O)c1ccc2c(c1)nc(Nc1nc3ccc(OC(F)(F)F)cc3o1)n2C. The van der Waals surface area contributed by atoms with Crippen LogP contribution in [0.2, 0.25) is 0 Å². The molecule has 0 unspecified atom stereocenters. The molecule has 2 aromatic heterocycles. The topological polar surface area (TPSA) is 103 Å². The first-order valence-electron chi connectivity index (χ1n) is 9.55. The molecule has 168 valence electrons. The second-order valence-electron chi connectivity index (χ2n) is 6.80. The second kappa shape index (κ2) is 8.38. The van der Waals surface area contributed by atoms with Crippen molar-refractivity contribution in [2.45, 2.75) is 19.7 Å².